The van der Waals surface area contributed by atoms with Crippen LogP contribution in [0.4, 0.5) is 0 Å². The maximum absolute atomic E-state index is 5.67. The Kier molecular flexibility index (Phi) is 2.64. The van der Waals surface area contributed by atoms with E-state index in [0.717, 1.165) is 19.8 Å². The number of aryl methyl sites for hydroxylation is 1. The minimum absolute atomic E-state index is 0.637. The number of nitrogens with zero attached hydrogens (tertiary/aromatic N) is 2. The zero-order chi connectivity index (χ0) is 12.8. The summed E-state index contributed by atoms with van der Waals surface area (Å²) in [5.41, 5.74) is 2.79. The quantitative estimate of drug-likeness (QED) is 0.821. The van der Waals surface area contributed by atoms with Gasteiger partial charge >= 0.3 is 0 Å². The SMILES string of the molecule is Cn1cc(CN2C3CCC2COC3)c2ccccc21. The number of aromatic nitrogens is 1. The van der Waals surface area contributed by atoms with Gasteiger partial charge in [0.1, 0.15) is 0 Å². The van der Waals surface area contributed by atoms with Gasteiger partial charge in [-0.05, 0) is 24.5 Å². The molecule has 2 unspecified atom stereocenters. The molecule has 0 spiro atoms. The van der Waals surface area contributed by atoms with Crippen LogP contribution in [0.5, 0.6) is 0 Å². The molecule has 3 nitrogen and oxygen atoms in total. The fourth-order valence-corrected chi connectivity index (χ4v) is 3.72. The van der Waals surface area contributed by atoms with E-state index in [1.807, 2.05) is 0 Å². The molecule has 2 fully saturated rings. The predicted octanol–water partition coefficient (Wildman–Crippen LogP) is 2.54. The lowest BCUT2D eigenvalue weighted by molar-refractivity contribution is -0.0185. The summed E-state index contributed by atoms with van der Waals surface area (Å²) in [6.07, 6.45) is 4.89. The summed E-state index contributed by atoms with van der Waals surface area (Å²) in [6.45, 7) is 2.91. The first-order valence-electron chi connectivity index (χ1n) is 7.19. The van der Waals surface area contributed by atoms with Crippen LogP contribution in [0.2, 0.25) is 0 Å². The maximum atomic E-state index is 5.67. The number of hydrogen-bond acceptors (Lipinski definition) is 2. The van der Waals surface area contributed by atoms with Crippen molar-refractivity contribution in [2.45, 2.75) is 31.5 Å². The Hall–Kier alpha value is -1.32. The van der Waals surface area contributed by atoms with Gasteiger partial charge in [0.15, 0.2) is 0 Å². The molecule has 0 radical (unpaired) electrons. The molecular formula is C16H20N2O. The minimum Gasteiger partial charge on any atom is -0.378 e. The third-order valence-corrected chi connectivity index (χ3v) is 4.72. The lowest BCUT2D eigenvalue weighted by Gasteiger charge is -2.34. The van der Waals surface area contributed by atoms with Crippen LogP contribution in [-0.2, 0) is 18.3 Å². The molecule has 2 atom stereocenters. The van der Waals surface area contributed by atoms with Gasteiger partial charge in [-0.1, -0.05) is 18.2 Å². The summed E-state index contributed by atoms with van der Waals surface area (Å²) in [6, 6.07) is 9.97. The number of benzene rings is 1. The molecule has 2 bridgehead atoms. The van der Waals surface area contributed by atoms with E-state index in [2.05, 4.69) is 47.0 Å². The molecule has 0 aliphatic carbocycles. The average molecular weight is 256 g/mol. The van der Waals surface area contributed by atoms with E-state index in [1.165, 1.54) is 29.3 Å². The largest absolute Gasteiger partial charge is 0.378 e. The standard InChI is InChI=1S/C16H20N2O/c1-17-8-12(15-4-2-3-5-16(15)17)9-18-13-6-7-14(18)11-19-10-13/h2-5,8,13-14H,6-7,9-11H2,1H3. The van der Waals surface area contributed by atoms with Crippen LogP contribution < -0.4 is 0 Å². The second-order valence-electron chi connectivity index (χ2n) is 5.88. The van der Waals surface area contributed by atoms with Crippen LogP contribution in [0.25, 0.3) is 10.9 Å². The molecule has 0 saturated carbocycles. The fourth-order valence-electron chi connectivity index (χ4n) is 3.72. The Morgan fingerprint density at radius 1 is 1.16 bits per heavy atom. The minimum atomic E-state index is 0.637. The molecule has 2 saturated heterocycles. The van der Waals surface area contributed by atoms with E-state index < -0.39 is 0 Å². The Morgan fingerprint density at radius 3 is 2.68 bits per heavy atom. The van der Waals surface area contributed by atoms with Gasteiger partial charge < -0.3 is 9.30 Å². The summed E-state index contributed by atoms with van der Waals surface area (Å²) in [5, 5.41) is 1.40. The summed E-state index contributed by atoms with van der Waals surface area (Å²) in [5.74, 6) is 0. The lowest BCUT2D eigenvalue weighted by atomic mass is 10.1. The van der Waals surface area contributed by atoms with Gasteiger partial charge in [-0.3, -0.25) is 4.90 Å². The van der Waals surface area contributed by atoms with Crippen molar-refractivity contribution in [1.82, 2.24) is 9.47 Å². The fraction of sp³-hybridized carbons (Fsp3) is 0.500. The second kappa shape index (κ2) is 4.36. The van der Waals surface area contributed by atoms with Crippen molar-refractivity contribution in [2.24, 2.45) is 7.05 Å². The molecule has 0 N–H and O–H groups in total. The molecule has 2 aromatic rings. The molecular weight excluding hydrogens is 236 g/mol. The number of morpholine rings is 1. The summed E-state index contributed by atoms with van der Waals surface area (Å²) in [4.78, 5) is 2.66. The average Bonchev–Trinajstić information content (AvgIpc) is 2.84. The highest BCUT2D eigenvalue weighted by atomic mass is 16.5. The first kappa shape index (κ1) is 11.5. The van der Waals surface area contributed by atoms with Crippen molar-refractivity contribution in [1.29, 1.82) is 0 Å². The predicted molar refractivity (Wildman–Crippen MR) is 76.1 cm³/mol. The lowest BCUT2D eigenvalue weighted by Crippen LogP contribution is -2.45. The molecule has 1 aromatic heterocycles. The molecule has 4 rings (SSSR count). The van der Waals surface area contributed by atoms with E-state index in [1.54, 1.807) is 0 Å². The first-order valence-corrected chi connectivity index (χ1v) is 7.19. The molecule has 19 heavy (non-hydrogen) atoms. The van der Waals surface area contributed by atoms with Crippen LogP contribution in [-0.4, -0.2) is 34.8 Å². The molecule has 0 amide bonds. The Morgan fingerprint density at radius 2 is 1.89 bits per heavy atom. The van der Waals surface area contributed by atoms with Crippen LogP contribution in [0, 0.1) is 0 Å². The number of rotatable bonds is 2. The monoisotopic (exact) mass is 256 g/mol. The number of para-hydroxylation sites is 1. The smallest absolute Gasteiger partial charge is 0.0622 e. The maximum Gasteiger partial charge on any atom is 0.0622 e. The molecule has 3 heterocycles. The van der Waals surface area contributed by atoms with Gasteiger partial charge in [0.05, 0.1) is 13.2 Å². The third kappa shape index (κ3) is 1.80. The van der Waals surface area contributed by atoms with Gasteiger partial charge in [-0.25, -0.2) is 0 Å². The third-order valence-electron chi connectivity index (χ3n) is 4.72. The number of ether oxygens (including phenoxy) is 1. The first-order chi connectivity index (χ1) is 9.33. The molecule has 3 heteroatoms. The van der Waals surface area contributed by atoms with E-state index in [9.17, 15) is 0 Å². The van der Waals surface area contributed by atoms with E-state index in [0.29, 0.717) is 12.1 Å². The number of fused-ring (bicyclic) bond motifs is 3. The van der Waals surface area contributed by atoms with Crippen LogP contribution in [0.1, 0.15) is 18.4 Å². The van der Waals surface area contributed by atoms with Gasteiger partial charge in [-0.15, -0.1) is 0 Å². The van der Waals surface area contributed by atoms with Crippen molar-refractivity contribution in [3.63, 3.8) is 0 Å². The molecule has 2 aliphatic rings. The summed E-state index contributed by atoms with van der Waals surface area (Å²) >= 11 is 0. The second-order valence-corrected chi connectivity index (χ2v) is 5.88. The van der Waals surface area contributed by atoms with Crippen LogP contribution in [0.3, 0.4) is 0 Å². The van der Waals surface area contributed by atoms with Crippen molar-refractivity contribution in [2.75, 3.05) is 13.2 Å². The van der Waals surface area contributed by atoms with E-state index in [-0.39, 0.29) is 0 Å². The van der Waals surface area contributed by atoms with E-state index >= 15 is 0 Å². The topological polar surface area (TPSA) is 17.4 Å². The zero-order valence-corrected chi connectivity index (χ0v) is 11.4. The normalized spacial score (nSPS) is 27.2. The number of hydrogen-bond donors (Lipinski definition) is 0. The van der Waals surface area contributed by atoms with Crippen molar-refractivity contribution in [3.8, 4) is 0 Å². The highest BCUT2D eigenvalue weighted by molar-refractivity contribution is 5.83. The van der Waals surface area contributed by atoms with Gasteiger partial charge in [0.25, 0.3) is 0 Å². The molecule has 2 aliphatic heterocycles. The Bertz CT molecular complexity index is 588. The Labute approximate surface area is 113 Å². The van der Waals surface area contributed by atoms with Gasteiger partial charge in [-0.2, -0.15) is 0 Å². The molecule has 1 aromatic carbocycles. The van der Waals surface area contributed by atoms with Crippen molar-refractivity contribution < 1.29 is 4.74 Å². The van der Waals surface area contributed by atoms with Crippen molar-refractivity contribution >= 4 is 10.9 Å². The van der Waals surface area contributed by atoms with Crippen LogP contribution in [0.15, 0.2) is 30.5 Å². The highest BCUT2D eigenvalue weighted by Crippen LogP contribution is 2.32. The summed E-state index contributed by atoms with van der Waals surface area (Å²) in [7, 11) is 2.14. The zero-order valence-electron chi connectivity index (χ0n) is 11.4. The molecule has 100 valence electrons. The highest BCUT2D eigenvalue weighted by Gasteiger charge is 2.37. The van der Waals surface area contributed by atoms with E-state index in [4.69, 9.17) is 4.74 Å². The summed E-state index contributed by atoms with van der Waals surface area (Å²) < 4.78 is 7.91. The Balaban J connectivity index is 1.68. The van der Waals surface area contributed by atoms with Crippen molar-refractivity contribution in [3.05, 3.63) is 36.0 Å². The van der Waals surface area contributed by atoms with Gasteiger partial charge in [0, 0.05) is 42.8 Å². The van der Waals surface area contributed by atoms with Crippen LogP contribution >= 0.6 is 0 Å². The van der Waals surface area contributed by atoms with Gasteiger partial charge in [0.2, 0.25) is 0 Å².